The Labute approximate surface area is 411 Å². The zero-order valence-corrected chi connectivity index (χ0v) is 38.8. The van der Waals surface area contributed by atoms with Crippen LogP contribution in [0, 0.1) is 0 Å². The Kier molecular flexibility index (Phi) is 6.86. The average molecular weight is 912 g/mol. The summed E-state index contributed by atoms with van der Waals surface area (Å²) in [7, 11) is 0. The van der Waals surface area contributed by atoms with Crippen molar-refractivity contribution in [3.63, 3.8) is 0 Å². The molecule has 0 fully saturated rings. The van der Waals surface area contributed by atoms with Crippen LogP contribution >= 0.6 is 0 Å². The van der Waals surface area contributed by atoms with Gasteiger partial charge in [0.05, 0.1) is 49.8 Å². The van der Waals surface area contributed by atoms with Gasteiger partial charge in [-0.25, -0.2) is 0 Å². The summed E-state index contributed by atoms with van der Waals surface area (Å²) < 4.78 is 12.7. The fourth-order valence-corrected chi connectivity index (χ4v) is 14.0. The van der Waals surface area contributed by atoms with Crippen molar-refractivity contribution < 1.29 is 0 Å². The number of para-hydroxylation sites is 8. The Morgan fingerprint density at radius 2 is 0.569 bits per heavy atom. The smallest absolute Gasteiger partial charge is 0.252 e. The average Bonchev–Trinajstić information content (AvgIpc) is 4.24. The molecule has 2 aliphatic rings. The van der Waals surface area contributed by atoms with Gasteiger partial charge in [-0.3, -0.25) is 0 Å². The molecule has 72 heavy (non-hydrogen) atoms. The molecule has 0 bridgehead atoms. The van der Waals surface area contributed by atoms with Gasteiger partial charge in [-0.1, -0.05) is 146 Å². The molecule has 18 rings (SSSR count). The Balaban J connectivity index is 1.03. The van der Waals surface area contributed by atoms with Crippen molar-refractivity contribution in [2.45, 2.75) is 0 Å². The van der Waals surface area contributed by atoms with Gasteiger partial charge >= 0.3 is 0 Å². The minimum Gasteiger partial charge on any atom is -0.310 e. The SMILES string of the molecule is c1ccc(-n2c3ccccc3c3c4c5cccc6c5n(c4ccc32)-c2cc(-n3c4ccccc4c4ccccc43)cc3c2B6c2cccc4c5c6c7ccccc7n(-c7ccccc7)c6ccc5n-3c24)cc1. The first-order valence-corrected chi connectivity index (χ1v) is 25.1. The van der Waals surface area contributed by atoms with E-state index in [1.54, 1.807) is 0 Å². The normalized spacial score (nSPS) is 13.0. The molecule has 0 amide bonds. The molecule has 0 atom stereocenters. The fraction of sp³-hybridized carbons (Fsp3) is 0. The van der Waals surface area contributed by atoms with Crippen LogP contribution in [0.1, 0.15) is 0 Å². The highest BCUT2D eigenvalue weighted by Crippen LogP contribution is 2.47. The minimum absolute atomic E-state index is 0.00877. The van der Waals surface area contributed by atoms with Gasteiger partial charge in [0, 0.05) is 87.6 Å². The predicted octanol–water partition coefficient (Wildman–Crippen LogP) is 14.3. The Hall–Kier alpha value is -9.52. The van der Waals surface area contributed by atoms with Gasteiger partial charge in [0.1, 0.15) is 0 Å². The van der Waals surface area contributed by atoms with Crippen molar-refractivity contribution in [2.75, 3.05) is 0 Å². The maximum atomic E-state index is 2.64. The highest BCUT2D eigenvalue weighted by molar-refractivity contribution is 7.00. The van der Waals surface area contributed by atoms with E-state index in [0.29, 0.717) is 0 Å². The van der Waals surface area contributed by atoms with Crippen LogP contribution < -0.4 is 16.4 Å². The number of nitrogens with zero attached hydrogens (tertiary/aromatic N) is 5. The van der Waals surface area contributed by atoms with Crippen LogP contribution in [0.5, 0.6) is 0 Å². The lowest BCUT2D eigenvalue weighted by atomic mass is 9.34. The van der Waals surface area contributed by atoms with Gasteiger partial charge in [-0.15, -0.1) is 0 Å². The van der Waals surface area contributed by atoms with Crippen molar-refractivity contribution >= 4 is 132 Å². The second kappa shape index (κ2) is 13.2. The maximum absolute atomic E-state index is 2.64. The summed E-state index contributed by atoms with van der Waals surface area (Å²) >= 11 is 0. The molecule has 2 aliphatic heterocycles. The van der Waals surface area contributed by atoms with E-state index in [4.69, 9.17) is 0 Å². The molecule has 0 aliphatic carbocycles. The van der Waals surface area contributed by atoms with Crippen molar-refractivity contribution in [3.05, 3.63) is 231 Å². The van der Waals surface area contributed by atoms with Gasteiger partial charge in [0.15, 0.2) is 0 Å². The summed E-state index contributed by atoms with van der Waals surface area (Å²) in [6.45, 7) is -0.00877. The highest BCUT2D eigenvalue weighted by Gasteiger charge is 2.42. The Morgan fingerprint density at radius 1 is 0.236 bits per heavy atom. The molecule has 7 heterocycles. The summed E-state index contributed by atoms with van der Waals surface area (Å²) in [5, 5.41) is 12.8. The molecule has 330 valence electrons. The third kappa shape index (κ3) is 4.40. The number of fused-ring (bicyclic) bond motifs is 21. The first kappa shape index (κ1) is 37.4. The monoisotopic (exact) mass is 911 g/mol. The van der Waals surface area contributed by atoms with Gasteiger partial charge in [0.2, 0.25) is 0 Å². The van der Waals surface area contributed by atoms with Crippen LogP contribution in [0.4, 0.5) is 0 Å². The van der Waals surface area contributed by atoms with E-state index in [9.17, 15) is 0 Å². The third-order valence-corrected chi connectivity index (χ3v) is 16.6. The molecule has 5 aromatic heterocycles. The topological polar surface area (TPSA) is 24.6 Å². The van der Waals surface area contributed by atoms with Crippen molar-refractivity contribution in [2.24, 2.45) is 0 Å². The van der Waals surface area contributed by atoms with Crippen LogP contribution in [0.3, 0.4) is 0 Å². The van der Waals surface area contributed by atoms with E-state index >= 15 is 0 Å². The van der Waals surface area contributed by atoms with E-state index in [1.807, 2.05) is 0 Å². The molecule has 11 aromatic carbocycles. The van der Waals surface area contributed by atoms with Crippen LogP contribution in [-0.2, 0) is 0 Å². The molecule has 0 spiro atoms. The minimum atomic E-state index is -0.00877. The first-order valence-electron chi connectivity index (χ1n) is 25.1. The fourth-order valence-electron chi connectivity index (χ4n) is 14.0. The second-order valence-electron chi connectivity index (χ2n) is 19.9. The number of benzene rings is 11. The molecule has 0 unspecified atom stereocenters. The lowest BCUT2D eigenvalue weighted by molar-refractivity contribution is 1.10. The van der Waals surface area contributed by atoms with Crippen LogP contribution in [0.15, 0.2) is 231 Å². The van der Waals surface area contributed by atoms with E-state index in [-0.39, 0.29) is 6.71 Å². The summed E-state index contributed by atoms with van der Waals surface area (Å²) in [5.74, 6) is 0. The highest BCUT2D eigenvalue weighted by atomic mass is 15.1. The number of rotatable bonds is 3. The summed E-state index contributed by atoms with van der Waals surface area (Å²) in [5.41, 5.74) is 22.2. The van der Waals surface area contributed by atoms with Crippen LogP contribution in [0.25, 0.3) is 137 Å². The van der Waals surface area contributed by atoms with Gasteiger partial charge < -0.3 is 22.8 Å². The first-order chi connectivity index (χ1) is 35.8. The van der Waals surface area contributed by atoms with Gasteiger partial charge in [-0.2, -0.15) is 0 Å². The molecule has 0 N–H and O–H groups in total. The maximum Gasteiger partial charge on any atom is 0.252 e. The summed E-state index contributed by atoms with van der Waals surface area (Å²) in [6.07, 6.45) is 0. The van der Waals surface area contributed by atoms with E-state index in [1.165, 1.54) is 137 Å². The Morgan fingerprint density at radius 3 is 1.01 bits per heavy atom. The zero-order valence-electron chi connectivity index (χ0n) is 38.8. The van der Waals surface area contributed by atoms with Crippen molar-refractivity contribution in [1.82, 2.24) is 22.8 Å². The third-order valence-electron chi connectivity index (χ3n) is 16.6. The van der Waals surface area contributed by atoms with Crippen molar-refractivity contribution in [1.29, 1.82) is 0 Å². The molecule has 6 heteroatoms. The van der Waals surface area contributed by atoms with E-state index in [0.717, 1.165) is 17.1 Å². The standard InChI is InChI=1S/C66H38BN5/c1-3-17-39(18-4-1)68-52-31-13-9-23-44(52)60-54(68)33-35-56-62(60)46-25-15-27-48-65(46)71(56)58-37-41(70-50-29-11-7-21-42(50)43-22-8-12-30-51(43)70)38-59-64(58)67(48)49-28-16-26-47-63-57(72(59)66(47)49)36-34-55-61(63)45-24-10-14-32-53(45)69(55)40-19-5-2-6-20-40/h1-38H. The number of hydrogen-bond donors (Lipinski definition) is 0. The second-order valence-corrected chi connectivity index (χ2v) is 19.9. The molecule has 0 radical (unpaired) electrons. The molecule has 5 nitrogen and oxygen atoms in total. The van der Waals surface area contributed by atoms with E-state index < -0.39 is 0 Å². The lowest BCUT2D eigenvalue weighted by Crippen LogP contribution is -2.59. The molecule has 16 aromatic rings. The summed E-state index contributed by atoms with van der Waals surface area (Å²) in [4.78, 5) is 0. The summed E-state index contributed by atoms with van der Waals surface area (Å²) in [6, 6.07) is 86.3. The molecule has 0 saturated carbocycles. The van der Waals surface area contributed by atoms with Gasteiger partial charge in [0.25, 0.3) is 6.71 Å². The molecular formula is C66H38BN5. The van der Waals surface area contributed by atoms with Crippen molar-refractivity contribution in [3.8, 4) is 28.4 Å². The zero-order chi connectivity index (χ0) is 46.5. The lowest BCUT2D eigenvalue weighted by Gasteiger charge is -2.34. The quantitative estimate of drug-likeness (QED) is 0.158. The van der Waals surface area contributed by atoms with E-state index in [2.05, 4.69) is 253 Å². The Bertz CT molecular complexity index is 4790. The van der Waals surface area contributed by atoms with Crippen LogP contribution in [0.2, 0.25) is 0 Å². The number of hydrogen-bond acceptors (Lipinski definition) is 0. The largest absolute Gasteiger partial charge is 0.310 e. The molecular weight excluding hydrogens is 874 g/mol. The molecule has 0 saturated heterocycles. The number of aromatic nitrogens is 5. The van der Waals surface area contributed by atoms with Crippen LogP contribution in [-0.4, -0.2) is 29.5 Å². The van der Waals surface area contributed by atoms with Gasteiger partial charge in [-0.05, 0) is 101 Å². The predicted molar refractivity (Wildman–Crippen MR) is 303 cm³/mol.